The average molecular weight is 1790 g/mol. The van der Waals surface area contributed by atoms with Crippen molar-refractivity contribution in [2.45, 2.75) is 484 Å². The van der Waals surface area contributed by atoms with E-state index in [0.717, 1.165) is 109 Å². The zero-order valence-corrected chi connectivity index (χ0v) is 72.9. The van der Waals surface area contributed by atoms with Crippen molar-refractivity contribution in [1.29, 1.82) is 0 Å². The summed E-state index contributed by atoms with van der Waals surface area (Å²) in [5.41, 5.74) is -6.27. The van der Waals surface area contributed by atoms with Crippen molar-refractivity contribution in [1.82, 2.24) is 0 Å². The van der Waals surface area contributed by atoms with E-state index in [4.69, 9.17) is 47.4 Å². The van der Waals surface area contributed by atoms with Crippen molar-refractivity contribution in [3.63, 3.8) is 0 Å². The maximum atomic E-state index is 12.4. The van der Waals surface area contributed by atoms with Gasteiger partial charge >= 0.3 is 59.7 Å². The largest absolute Gasteiger partial charge is 0.469 e. The molecule has 2 heterocycles. The molecule has 0 amide bonds. The number of carbonyl (C=O) groups excluding carboxylic acids is 10. The van der Waals surface area contributed by atoms with Crippen LogP contribution in [0, 0.1) is 97.6 Å². The normalized spacial score (nSPS) is 32.7. The number of carbonyl (C=O) groups is 10. The van der Waals surface area contributed by atoms with Crippen molar-refractivity contribution in [3.05, 3.63) is 0 Å². The highest BCUT2D eigenvalue weighted by molar-refractivity contribution is 5.88. The van der Waals surface area contributed by atoms with Crippen molar-refractivity contribution < 1.29 is 111 Å². The Morgan fingerprint density at radius 3 is 0.880 bits per heavy atom. The maximum Gasteiger partial charge on any atom is 0.312 e. The molecule has 16 aliphatic rings. The van der Waals surface area contributed by atoms with E-state index in [-0.39, 0.29) is 194 Å². The van der Waals surface area contributed by atoms with Gasteiger partial charge < -0.3 is 62.7 Å². The molecule has 2 saturated heterocycles. The molecule has 0 aromatic carbocycles. The highest BCUT2D eigenvalue weighted by Crippen LogP contribution is 2.64. The van der Waals surface area contributed by atoms with E-state index < -0.39 is 104 Å². The molecular weight excluding hydrogens is 1590 g/mol. The second kappa shape index (κ2) is 46.6. The molecule has 23 heteroatoms. The Morgan fingerprint density at radius 1 is 0.344 bits per heavy atom. The van der Waals surface area contributed by atoms with E-state index >= 15 is 0 Å². The Bertz CT molecular complexity index is 3300. The summed E-state index contributed by atoms with van der Waals surface area (Å²) < 4.78 is 55.2. The zero-order chi connectivity index (χ0) is 84.2. The van der Waals surface area contributed by atoms with E-state index in [0.29, 0.717) is 63.2 Å². The molecule has 0 aromatic heterocycles. The van der Waals surface area contributed by atoms with Crippen molar-refractivity contribution >= 4 is 59.7 Å². The van der Waals surface area contributed by atoms with Gasteiger partial charge in [-0.1, -0.05) is 145 Å². The summed E-state index contributed by atoms with van der Waals surface area (Å²) in [5, 5.41) is 32.0. The lowest BCUT2D eigenvalue weighted by molar-refractivity contribution is -0.264. The lowest BCUT2D eigenvalue weighted by atomic mass is 9.50. The molecule has 16 rings (SSSR count). The van der Waals surface area contributed by atoms with Crippen LogP contribution in [0.25, 0.3) is 0 Å². The first kappa shape index (κ1) is 126. The first-order chi connectivity index (χ1) is 52.4. The molecule has 0 aromatic rings. The summed E-state index contributed by atoms with van der Waals surface area (Å²) in [4.78, 5) is 122. The minimum atomic E-state index is -0.842. The van der Waals surface area contributed by atoms with Crippen LogP contribution in [0.5, 0.6) is 0 Å². The van der Waals surface area contributed by atoms with Gasteiger partial charge in [0.05, 0.1) is 87.2 Å². The standard InChI is InChI=1S/2C16H22O6.C16H26O4.C16H26O3.2C13H24O2.12CH4/c2*1-5-16(2,3)15(19)22-12-7-6-8-10(9(7)13(17)20-4)14(18)21-11(8)12;1-4-13(2,3)12(17)20-16-7-11-5-14(18,9-16)8-15(19,6-11)10-16;1-4-14(2,3)13(17)19-16-8-11-5-12(9-16)7-15(18,6-11)10-16;2*1-5-12(3,4)11(14)15-13(6-2)9-7-8-10-13;;;;;;;;;;;;/h2*7-12H,5-6H2,1-4H3;11,18-19H,4-10H2,1-3H3;11-12,18H,4-10H2,1-3H3;2*5-10H2,1-4H3;12*1H4. The topological polar surface area (TPSA) is 324 Å². The molecule has 23 nitrogen and oxygen atoms in total. The number of methoxy groups -OCH3 is 2. The van der Waals surface area contributed by atoms with Gasteiger partial charge in [-0.05, 0) is 268 Å². The van der Waals surface area contributed by atoms with Gasteiger partial charge in [-0.15, -0.1) is 0 Å². The van der Waals surface area contributed by atoms with Gasteiger partial charge in [0.2, 0.25) is 0 Å². The van der Waals surface area contributed by atoms with Gasteiger partial charge in [0.25, 0.3) is 0 Å². The van der Waals surface area contributed by atoms with Crippen LogP contribution in [0.3, 0.4) is 0 Å². The lowest BCUT2D eigenvalue weighted by Gasteiger charge is -2.62. The molecule has 14 aliphatic carbocycles. The van der Waals surface area contributed by atoms with E-state index in [1.165, 1.54) is 46.3 Å². The van der Waals surface area contributed by atoms with Gasteiger partial charge in [-0.3, -0.25) is 47.9 Å². The van der Waals surface area contributed by atoms with Gasteiger partial charge in [-0.2, -0.15) is 0 Å². The fraction of sp³-hybridized carbons (Fsp3) is 0.902. The molecule has 14 saturated carbocycles. The van der Waals surface area contributed by atoms with Crippen LogP contribution in [0.2, 0.25) is 0 Å². The summed E-state index contributed by atoms with van der Waals surface area (Å²) in [6.07, 6.45) is 24.3. The molecular formula is C102H192O23. The van der Waals surface area contributed by atoms with E-state index in [2.05, 4.69) is 13.8 Å². The predicted octanol–water partition coefficient (Wildman–Crippen LogP) is 22.9. The molecule has 16 unspecified atom stereocenters. The SMILES string of the molecule is C.C.C.C.C.C.C.C.C.C.C.C.CCC(C)(C)C(=O)OC12CC3CC(CC(O)(C3)C1)C2.CCC(C)(C)C(=O)OC12CC3CC(O)(CC(O)(C3)C1)C2.CCC(C)(C)C(=O)OC1C2CC3C1OC(=O)C3C2C(=O)OC.CCC(C)(C)C(=O)OC1C2CC3C1OC(=O)C3C2C(=O)OC.CCC1(OC(=O)C(C)(C)CC)CCCC1.CCC1(OC(=O)C(C)(C)CC)CCCC1. The lowest BCUT2D eigenvalue weighted by Crippen LogP contribution is -2.67. The molecule has 738 valence electrons. The minimum absolute atomic E-state index is 0. The smallest absolute Gasteiger partial charge is 0.312 e. The second-order valence-corrected chi connectivity index (χ2v) is 41.3. The summed E-state index contributed by atoms with van der Waals surface area (Å²) in [7, 11) is 2.63. The van der Waals surface area contributed by atoms with Crippen LogP contribution < -0.4 is 0 Å². The highest BCUT2D eigenvalue weighted by atomic mass is 16.6. The first-order valence-electron chi connectivity index (χ1n) is 43.5. The molecule has 16 fully saturated rings. The monoisotopic (exact) mass is 1790 g/mol. The third-order valence-electron chi connectivity index (χ3n) is 30.6. The summed E-state index contributed by atoms with van der Waals surface area (Å²) in [6.45, 7) is 39.0. The third kappa shape index (κ3) is 26.3. The number of hydrogen-bond donors (Lipinski definition) is 3. The van der Waals surface area contributed by atoms with Crippen LogP contribution in [0.15, 0.2) is 0 Å². The molecule has 125 heavy (non-hydrogen) atoms. The number of fused-ring (bicyclic) bond motifs is 2. The summed E-state index contributed by atoms with van der Waals surface area (Å²) >= 11 is 0. The highest BCUT2D eigenvalue weighted by Gasteiger charge is 2.72. The van der Waals surface area contributed by atoms with Crippen LogP contribution in [-0.4, -0.2) is 153 Å². The van der Waals surface area contributed by atoms with Crippen LogP contribution in [0.1, 0.15) is 420 Å². The Morgan fingerprint density at radius 2 is 0.608 bits per heavy atom. The average Bonchev–Trinajstić information content (AvgIpc) is 1.70. The van der Waals surface area contributed by atoms with E-state index in [1.54, 1.807) is 0 Å². The van der Waals surface area contributed by atoms with Crippen molar-refractivity contribution in [3.8, 4) is 0 Å². The zero-order valence-electron chi connectivity index (χ0n) is 72.9. The van der Waals surface area contributed by atoms with Crippen LogP contribution >= 0.6 is 0 Å². The summed E-state index contributed by atoms with van der Waals surface area (Å²) in [5.74, 6) is -3.51. The molecule has 16 atom stereocenters. The van der Waals surface area contributed by atoms with Gasteiger partial charge in [0.15, 0.2) is 0 Å². The molecule has 12 bridgehead atoms. The van der Waals surface area contributed by atoms with Crippen LogP contribution in [0.4, 0.5) is 0 Å². The Hall–Kier alpha value is -5.42. The number of aliphatic hydroxyl groups is 3. The van der Waals surface area contributed by atoms with Crippen molar-refractivity contribution in [2.24, 2.45) is 97.6 Å². The Labute approximate surface area is 762 Å². The molecule has 0 radical (unpaired) electrons. The number of esters is 10. The number of hydrogen-bond acceptors (Lipinski definition) is 23. The Kier molecular flexibility index (Phi) is 46.9. The summed E-state index contributed by atoms with van der Waals surface area (Å²) in [6, 6.07) is 0. The Balaban J connectivity index is -0.000000694. The van der Waals surface area contributed by atoms with Gasteiger partial charge in [-0.25, -0.2) is 0 Å². The molecule has 3 N–H and O–H groups in total. The third-order valence-corrected chi connectivity index (χ3v) is 30.6. The van der Waals surface area contributed by atoms with Gasteiger partial charge in [0.1, 0.15) is 46.8 Å². The van der Waals surface area contributed by atoms with Crippen molar-refractivity contribution in [2.75, 3.05) is 14.2 Å². The number of rotatable bonds is 22. The predicted molar refractivity (Wildman–Crippen MR) is 499 cm³/mol. The fourth-order valence-electron chi connectivity index (χ4n) is 21.7. The van der Waals surface area contributed by atoms with Gasteiger partial charge in [0, 0.05) is 49.4 Å². The van der Waals surface area contributed by atoms with Crippen LogP contribution in [-0.2, 0) is 95.3 Å². The quantitative estimate of drug-likeness (QED) is 0.0669. The molecule has 2 aliphatic heterocycles. The number of ether oxygens (including phenoxy) is 10. The van der Waals surface area contributed by atoms with E-state index in [1.807, 2.05) is 125 Å². The minimum Gasteiger partial charge on any atom is -0.469 e. The van der Waals surface area contributed by atoms with E-state index in [9.17, 15) is 63.3 Å². The first-order valence-corrected chi connectivity index (χ1v) is 43.5. The fourth-order valence-corrected chi connectivity index (χ4v) is 21.7. The molecule has 0 spiro atoms. The maximum absolute atomic E-state index is 12.4. The second-order valence-electron chi connectivity index (χ2n) is 41.3.